The molecule has 0 fully saturated rings. The van der Waals surface area contributed by atoms with E-state index in [-0.39, 0.29) is 5.76 Å². The first-order valence-corrected chi connectivity index (χ1v) is 3.87. The molecule has 1 N–H and O–H groups in total. The molecular weight excluding hydrogens is 148 g/mol. The molecule has 0 saturated carbocycles. The van der Waals surface area contributed by atoms with Gasteiger partial charge in [-0.25, -0.2) is 0 Å². The molecule has 1 aromatic rings. The summed E-state index contributed by atoms with van der Waals surface area (Å²) in [5.74, 6) is 0.103. The quantitative estimate of drug-likeness (QED) is 0.532. The van der Waals surface area contributed by atoms with E-state index in [0.29, 0.717) is 0 Å². The van der Waals surface area contributed by atoms with Crippen LogP contribution in [0.1, 0.15) is 5.56 Å². The van der Waals surface area contributed by atoms with Crippen molar-refractivity contribution in [3.8, 4) is 0 Å². The molecule has 0 bridgehead atoms. The second-order valence-electron chi connectivity index (χ2n) is 2.58. The number of allylic oxidation sites excluding steroid dienone is 2. The highest BCUT2D eigenvalue weighted by atomic mass is 16.3. The molecule has 0 aliphatic carbocycles. The van der Waals surface area contributed by atoms with Crippen molar-refractivity contribution in [3.05, 3.63) is 60.4 Å². The van der Waals surface area contributed by atoms with Crippen LogP contribution in [0.3, 0.4) is 0 Å². The van der Waals surface area contributed by atoms with Crippen LogP contribution in [0, 0.1) is 0 Å². The Morgan fingerprint density at radius 3 is 2.58 bits per heavy atom. The molecule has 62 valence electrons. The summed E-state index contributed by atoms with van der Waals surface area (Å²) in [7, 11) is 0. The van der Waals surface area contributed by atoms with Crippen LogP contribution < -0.4 is 0 Å². The van der Waals surface area contributed by atoms with E-state index in [1.54, 1.807) is 6.08 Å². The Bertz CT molecular complexity index is 272. The van der Waals surface area contributed by atoms with Crippen LogP contribution in [0.2, 0.25) is 0 Å². The van der Waals surface area contributed by atoms with Crippen molar-refractivity contribution >= 4 is 0 Å². The largest absolute Gasteiger partial charge is 0.509 e. The summed E-state index contributed by atoms with van der Waals surface area (Å²) in [6.45, 7) is 3.36. The summed E-state index contributed by atoms with van der Waals surface area (Å²) in [4.78, 5) is 0. The van der Waals surface area contributed by atoms with Crippen molar-refractivity contribution in [2.45, 2.75) is 6.42 Å². The Morgan fingerprint density at radius 1 is 1.33 bits per heavy atom. The molecule has 1 heteroatoms. The number of aliphatic hydroxyl groups excluding tert-OH is 1. The van der Waals surface area contributed by atoms with Crippen LogP contribution in [0.4, 0.5) is 0 Å². The van der Waals surface area contributed by atoms with E-state index >= 15 is 0 Å². The molecule has 0 aliphatic rings. The smallest absolute Gasteiger partial charge is 0.108 e. The van der Waals surface area contributed by atoms with Crippen molar-refractivity contribution in [1.29, 1.82) is 0 Å². The fourth-order valence-electron chi connectivity index (χ4n) is 0.945. The Balaban J connectivity index is 2.49. The van der Waals surface area contributed by atoms with Gasteiger partial charge in [-0.2, -0.15) is 0 Å². The summed E-state index contributed by atoms with van der Waals surface area (Å²) in [6, 6.07) is 10.1. The van der Waals surface area contributed by atoms with Gasteiger partial charge < -0.3 is 5.11 Å². The Hall–Kier alpha value is -1.50. The monoisotopic (exact) mass is 160 g/mol. The average molecular weight is 160 g/mol. The maximum atomic E-state index is 8.75. The molecule has 0 aliphatic heterocycles. The number of hydrogen-bond acceptors (Lipinski definition) is 1. The first-order chi connectivity index (χ1) is 5.79. The fraction of sp³-hybridized carbons (Fsp3) is 0.0909. The summed E-state index contributed by atoms with van der Waals surface area (Å²) in [6.07, 6.45) is 4.32. The molecule has 1 aromatic carbocycles. The highest BCUT2D eigenvalue weighted by Gasteiger charge is 1.85. The van der Waals surface area contributed by atoms with Gasteiger partial charge in [0.1, 0.15) is 5.76 Å². The molecule has 0 amide bonds. The molecule has 0 unspecified atom stereocenters. The van der Waals surface area contributed by atoms with Gasteiger partial charge in [0.2, 0.25) is 0 Å². The SMILES string of the molecule is C=C(O)/C=C/Cc1ccccc1. The van der Waals surface area contributed by atoms with E-state index in [9.17, 15) is 0 Å². The zero-order valence-corrected chi connectivity index (χ0v) is 6.90. The standard InChI is InChI=1S/C11H12O/c1-10(12)6-5-9-11-7-3-2-4-8-11/h2-8,12H,1,9H2/b6-5+. The van der Waals surface area contributed by atoms with Gasteiger partial charge in [-0.05, 0) is 18.1 Å². The van der Waals surface area contributed by atoms with E-state index in [1.807, 2.05) is 36.4 Å². The lowest BCUT2D eigenvalue weighted by Gasteiger charge is -1.93. The van der Waals surface area contributed by atoms with Gasteiger partial charge in [0.05, 0.1) is 0 Å². The lowest BCUT2D eigenvalue weighted by Crippen LogP contribution is -1.78. The van der Waals surface area contributed by atoms with Crippen LogP contribution in [-0.4, -0.2) is 5.11 Å². The predicted molar refractivity (Wildman–Crippen MR) is 51.1 cm³/mol. The summed E-state index contributed by atoms with van der Waals surface area (Å²) < 4.78 is 0. The topological polar surface area (TPSA) is 20.2 Å². The minimum Gasteiger partial charge on any atom is -0.509 e. The predicted octanol–water partition coefficient (Wildman–Crippen LogP) is 2.86. The highest BCUT2D eigenvalue weighted by molar-refractivity contribution is 5.19. The minimum atomic E-state index is 0.103. The zero-order valence-electron chi connectivity index (χ0n) is 6.90. The summed E-state index contributed by atoms with van der Waals surface area (Å²) in [5.41, 5.74) is 1.23. The molecule has 0 heterocycles. The second-order valence-corrected chi connectivity index (χ2v) is 2.58. The van der Waals surface area contributed by atoms with Crippen LogP contribution in [-0.2, 0) is 6.42 Å². The molecular formula is C11H12O. The first-order valence-electron chi connectivity index (χ1n) is 3.87. The highest BCUT2D eigenvalue weighted by Crippen LogP contribution is 2.00. The van der Waals surface area contributed by atoms with Gasteiger partial charge in [0.25, 0.3) is 0 Å². The number of benzene rings is 1. The van der Waals surface area contributed by atoms with Gasteiger partial charge in [-0.15, -0.1) is 0 Å². The number of aliphatic hydroxyl groups is 1. The van der Waals surface area contributed by atoms with Crippen molar-refractivity contribution in [1.82, 2.24) is 0 Å². The van der Waals surface area contributed by atoms with Crippen molar-refractivity contribution in [2.24, 2.45) is 0 Å². The minimum absolute atomic E-state index is 0.103. The van der Waals surface area contributed by atoms with E-state index in [0.717, 1.165) is 6.42 Å². The number of rotatable bonds is 3. The van der Waals surface area contributed by atoms with Crippen LogP contribution in [0.5, 0.6) is 0 Å². The molecule has 12 heavy (non-hydrogen) atoms. The summed E-state index contributed by atoms with van der Waals surface area (Å²) in [5, 5.41) is 8.75. The third-order valence-corrected chi connectivity index (χ3v) is 1.51. The first kappa shape index (κ1) is 8.60. The Morgan fingerprint density at radius 2 is 2.00 bits per heavy atom. The molecule has 0 aromatic heterocycles. The fourth-order valence-corrected chi connectivity index (χ4v) is 0.945. The maximum absolute atomic E-state index is 8.75. The van der Waals surface area contributed by atoms with E-state index < -0.39 is 0 Å². The third-order valence-electron chi connectivity index (χ3n) is 1.51. The van der Waals surface area contributed by atoms with E-state index in [4.69, 9.17) is 5.11 Å². The lowest BCUT2D eigenvalue weighted by molar-refractivity contribution is 0.435. The van der Waals surface area contributed by atoms with E-state index in [1.165, 1.54) is 5.56 Å². The van der Waals surface area contributed by atoms with Crippen molar-refractivity contribution in [2.75, 3.05) is 0 Å². The Kier molecular flexibility index (Phi) is 3.15. The number of hydrogen-bond donors (Lipinski definition) is 1. The average Bonchev–Trinajstić information content (AvgIpc) is 2.05. The van der Waals surface area contributed by atoms with Gasteiger partial charge >= 0.3 is 0 Å². The van der Waals surface area contributed by atoms with E-state index in [2.05, 4.69) is 6.58 Å². The summed E-state index contributed by atoms with van der Waals surface area (Å²) >= 11 is 0. The third kappa shape index (κ3) is 3.06. The van der Waals surface area contributed by atoms with Crippen LogP contribution in [0.15, 0.2) is 54.8 Å². The molecule has 1 rings (SSSR count). The second kappa shape index (κ2) is 4.39. The molecule has 0 saturated heterocycles. The van der Waals surface area contributed by atoms with Gasteiger partial charge in [-0.1, -0.05) is 43.0 Å². The van der Waals surface area contributed by atoms with Crippen molar-refractivity contribution in [3.63, 3.8) is 0 Å². The lowest BCUT2D eigenvalue weighted by atomic mass is 10.1. The zero-order chi connectivity index (χ0) is 8.81. The van der Waals surface area contributed by atoms with Crippen LogP contribution in [0.25, 0.3) is 0 Å². The van der Waals surface area contributed by atoms with Gasteiger partial charge in [0.15, 0.2) is 0 Å². The van der Waals surface area contributed by atoms with Crippen molar-refractivity contribution < 1.29 is 5.11 Å². The van der Waals surface area contributed by atoms with Crippen LogP contribution >= 0.6 is 0 Å². The van der Waals surface area contributed by atoms with Gasteiger partial charge in [0, 0.05) is 0 Å². The molecule has 0 atom stereocenters. The van der Waals surface area contributed by atoms with Gasteiger partial charge in [-0.3, -0.25) is 0 Å². The molecule has 0 radical (unpaired) electrons. The molecule has 1 nitrogen and oxygen atoms in total. The normalized spacial score (nSPS) is 10.3. The maximum Gasteiger partial charge on any atom is 0.108 e. The molecule has 0 spiro atoms. The Labute approximate surface area is 72.7 Å².